The van der Waals surface area contributed by atoms with Crippen molar-refractivity contribution in [3.63, 3.8) is 0 Å². The van der Waals surface area contributed by atoms with E-state index in [-0.39, 0.29) is 39.8 Å². The highest BCUT2D eigenvalue weighted by molar-refractivity contribution is 7.92. The van der Waals surface area contributed by atoms with Crippen molar-refractivity contribution in [1.82, 2.24) is 10.2 Å². The van der Waals surface area contributed by atoms with Crippen molar-refractivity contribution in [2.24, 2.45) is 0 Å². The van der Waals surface area contributed by atoms with Crippen molar-refractivity contribution in [2.75, 3.05) is 18.0 Å². The molecular formula is C30H35Cl2N3O5S. The van der Waals surface area contributed by atoms with E-state index in [1.165, 1.54) is 36.3 Å². The lowest BCUT2D eigenvalue weighted by atomic mass is 10.1. The molecule has 0 fully saturated rings. The Labute approximate surface area is 252 Å². The van der Waals surface area contributed by atoms with Crippen LogP contribution in [-0.4, -0.2) is 50.9 Å². The smallest absolute Gasteiger partial charge is 0.264 e. The van der Waals surface area contributed by atoms with Gasteiger partial charge in [0.05, 0.1) is 17.7 Å². The number of hydrogen-bond donors (Lipinski definition) is 1. The number of nitrogens with one attached hydrogen (secondary N) is 1. The zero-order valence-electron chi connectivity index (χ0n) is 23.5. The molecule has 1 N–H and O–H groups in total. The van der Waals surface area contributed by atoms with E-state index in [4.69, 9.17) is 27.9 Å². The number of carbonyl (C=O) groups excluding carboxylic acids is 2. The van der Waals surface area contributed by atoms with E-state index in [0.29, 0.717) is 23.4 Å². The van der Waals surface area contributed by atoms with Crippen molar-refractivity contribution < 1.29 is 22.7 Å². The normalized spacial score (nSPS) is 12.7. The van der Waals surface area contributed by atoms with E-state index < -0.39 is 28.5 Å². The van der Waals surface area contributed by atoms with E-state index in [2.05, 4.69) is 5.32 Å². The summed E-state index contributed by atoms with van der Waals surface area (Å²) in [4.78, 5) is 28.9. The SMILES string of the molecule is CC[C@@H](C)NC(=O)[C@H](CC)N(Cc1ccccc1Cl)C(=O)CN(c1cc(Cl)ccc1OC)S(=O)(=O)c1ccccc1. The Kier molecular flexibility index (Phi) is 11.5. The number of halogens is 2. The van der Waals surface area contributed by atoms with Crippen LogP contribution < -0.4 is 14.4 Å². The molecule has 0 spiro atoms. The summed E-state index contributed by atoms with van der Waals surface area (Å²) in [6, 6.07) is 18.3. The molecule has 2 amide bonds. The van der Waals surface area contributed by atoms with Crippen LogP contribution in [0.5, 0.6) is 5.75 Å². The third kappa shape index (κ3) is 7.93. The second-order valence-electron chi connectivity index (χ2n) is 9.50. The molecule has 0 aliphatic carbocycles. The first-order valence-corrected chi connectivity index (χ1v) is 15.5. The van der Waals surface area contributed by atoms with Gasteiger partial charge in [-0.15, -0.1) is 0 Å². The van der Waals surface area contributed by atoms with Crippen molar-refractivity contribution >= 4 is 50.7 Å². The highest BCUT2D eigenvalue weighted by atomic mass is 35.5. The molecule has 0 radical (unpaired) electrons. The summed E-state index contributed by atoms with van der Waals surface area (Å²) < 4.78 is 34.4. The largest absolute Gasteiger partial charge is 0.495 e. The van der Waals surface area contributed by atoms with E-state index in [1.807, 2.05) is 13.8 Å². The summed E-state index contributed by atoms with van der Waals surface area (Å²) in [5, 5.41) is 3.63. The molecule has 3 aromatic carbocycles. The third-order valence-electron chi connectivity index (χ3n) is 6.71. The number of nitrogens with zero attached hydrogens (tertiary/aromatic N) is 2. The minimum Gasteiger partial charge on any atom is -0.495 e. The molecule has 0 bridgehead atoms. The molecule has 0 heterocycles. The van der Waals surface area contributed by atoms with Gasteiger partial charge < -0.3 is 15.0 Å². The lowest BCUT2D eigenvalue weighted by molar-refractivity contribution is -0.140. The molecule has 2 atom stereocenters. The van der Waals surface area contributed by atoms with Gasteiger partial charge >= 0.3 is 0 Å². The summed E-state index contributed by atoms with van der Waals surface area (Å²) in [6.07, 6.45) is 1.00. The first kappa shape index (κ1) is 32.2. The number of ether oxygens (including phenoxy) is 1. The van der Waals surface area contributed by atoms with Crippen LogP contribution in [0.2, 0.25) is 10.0 Å². The number of benzene rings is 3. The first-order valence-electron chi connectivity index (χ1n) is 13.3. The summed E-state index contributed by atoms with van der Waals surface area (Å²) in [6.45, 7) is 5.00. The molecule has 3 aromatic rings. The summed E-state index contributed by atoms with van der Waals surface area (Å²) in [5.41, 5.74) is 0.710. The molecule has 0 saturated carbocycles. The van der Waals surface area contributed by atoms with Crippen LogP contribution in [0.15, 0.2) is 77.7 Å². The van der Waals surface area contributed by atoms with Crippen molar-refractivity contribution in [3.05, 3.63) is 88.4 Å². The number of methoxy groups -OCH3 is 1. The second kappa shape index (κ2) is 14.6. The zero-order chi connectivity index (χ0) is 30.2. The fourth-order valence-corrected chi connectivity index (χ4v) is 6.06. The summed E-state index contributed by atoms with van der Waals surface area (Å²) >= 11 is 12.7. The zero-order valence-corrected chi connectivity index (χ0v) is 25.8. The average molecular weight is 621 g/mol. The monoisotopic (exact) mass is 619 g/mol. The van der Waals surface area contributed by atoms with Crippen LogP contribution in [0.4, 0.5) is 5.69 Å². The first-order chi connectivity index (χ1) is 19.5. The van der Waals surface area contributed by atoms with Gasteiger partial charge in [0.25, 0.3) is 10.0 Å². The Morgan fingerprint density at radius 2 is 1.61 bits per heavy atom. The third-order valence-corrected chi connectivity index (χ3v) is 9.08. The molecule has 8 nitrogen and oxygen atoms in total. The van der Waals surface area contributed by atoms with E-state index in [1.54, 1.807) is 55.5 Å². The van der Waals surface area contributed by atoms with Gasteiger partial charge in [-0.2, -0.15) is 0 Å². The number of anilines is 1. The minimum absolute atomic E-state index is 0.00313. The minimum atomic E-state index is -4.27. The molecule has 0 aromatic heterocycles. The number of sulfonamides is 1. The van der Waals surface area contributed by atoms with E-state index >= 15 is 0 Å². The number of carbonyl (C=O) groups is 2. The van der Waals surface area contributed by atoms with Gasteiger partial charge in [-0.25, -0.2) is 8.42 Å². The highest BCUT2D eigenvalue weighted by Crippen LogP contribution is 2.35. The summed E-state index contributed by atoms with van der Waals surface area (Å²) in [5.74, 6) is -0.724. The Morgan fingerprint density at radius 1 is 0.951 bits per heavy atom. The molecule has 220 valence electrons. The Hall–Kier alpha value is -3.27. The quantitative estimate of drug-likeness (QED) is 0.256. The van der Waals surface area contributed by atoms with Gasteiger partial charge in [-0.3, -0.25) is 13.9 Å². The lowest BCUT2D eigenvalue weighted by Crippen LogP contribution is -2.53. The summed E-state index contributed by atoms with van der Waals surface area (Å²) in [7, 11) is -2.87. The van der Waals surface area contributed by atoms with E-state index in [0.717, 1.165) is 4.31 Å². The molecule has 0 aliphatic heterocycles. The molecule has 3 rings (SSSR count). The van der Waals surface area contributed by atoms with E-state index in [9.17, 15) is 18.0 Å². The Bertz CT molecular complexity index is 1450. The van der Waals surface area contributed by atoms with Gasteiger partial charge in [0.1, 0.15) is 18.3 Å². The molecule has 41 heavy (non-hydrogen) atoms. The molecule has 0 saturated heterocycles. The van der Waals surface area contributed by atoms with Gasteiger partial charge in [-0.1, -0.05) is 73.4 Å². The fraction of sp³-hybridized carbons (Fsp3) is 0.333. The maximum absolute atomic E-state index is 14.2. The molecule has 0 unspecified atom stereocenters. The van der Waals surface area contributed by atoms with Crippen LogP contribution in [-0.2, 0) is 26.2 Å². The van der Waals surface area contributed by atoms with Crippen LogP contribution in [0.3, 0.4) is 0 Å². The molecular weight excluding hydrogens is 585 g/mol. The predicted molar refractivity (Wildman–Crippen MR) is 163 cm³/mol. The number of hydrogen-bond acceptors (Lipinski definition) is 5. The molecule has 0 aliphatic rings. The Morgan fingerprint density at radius 3 is 2.22 bits per heavy atom. The van der Waals surface area contributed by atoms with Gasteiger partial charge in [0, 0.05) is 22.6 Å². The topological polar surface area (TPSA) is 96.0 Å². The lowest BCUT2D eigenvalue weighted by Gasteiger charge is -2.34. The highest BCUT2D eigenvalue weighted by Gasteiger charge is 2.35. The van der Waals surface area contributed by atoms with Crippen molar-refractivity contribution in [1.29, 1.82) is 0 Å². The van der Waals surface area contributed by atoms with Crippen molar-refractivity contribution in [3.8, 4) is 5.75 Å². The predicted octanol–water partition coefficient (Wildman–Crippen LogP) is 5.92. The number of rotatable bonds is 13. The second-order valence-corrected chi connectivity index (χ2v) is 12.2. The standard InChI is InChI=1S/C30H35Cl2N3O5S/c1-5-21(3)33-30(37)26(6-2)34(19-22-12-10-11-15-25(22)32)29(36)20-35(27-18-23(31)16-17-28(27)40-4)41(38,39)24-13-8-7-9-14-24/h7-18,21,26H,5-6,19-20H2,1-4H3,(H,33,37)/t21-,26+/m1/s1. The van der Waals surface area contributed by atoms with Crippen LogP contribution >= 0.6 is 23.2 Å². The number of amides is 2. The van der Waals surface area contributed by atoms with Crippen LogP contribution in [0.25, 0.3) is 0 Å². The van der Waals surface area contributed by atoms with Gasteiger partial charge in [-0.05, 0) is 61.7 Å². The van der Waals surface area contributed by atoms with Crippen molar-refractivity contribution in [2.45, 2.75) is 57.1 Å². The average Bonchev–Trinajstić information content (AvgIpc) is 2.96. The van der Waals surface area contributed by atoms with Gasteiger partial charge in [0.15, 0.2) is 0 Å². The molecule has 11 heteroatoms. The van der Waals surface area contributed by atoms with Crippen LogP contribution in [0.1, 0.15) is 39.2 Å². The fourth-order valence-electron chi connectivity index (χ4n) is 4.26. The van der Waals surface area contributed by atoms with Crippen LogP contribution in [0, 0.1) is 0 Å². The maximum atomic E-state index is 14.2. The van der Waals surface area contributed by atoms with Gasteiger partial charge in [0.2, 0.25) is 11.8 Å². The maximum Gasteiger partial charge on any atom is 0.264 e. The Balaban J connectivity index is 2.13.